The van der Waals surface area contributed by atoms with Crippen LogP contribution in [0, 0.1) is 5.82 Å². The summed E-state index contributed by atoms with van der Waals surface area (Å²) in [5, 5.41) is 2.76. The van der Waals surface area contributed by atoms with Crippen LogP contribution in [0.1, 0.15) is 12.0 Å². The van der Waals surface area contributed by atoms with Crippen molar-refractivity contribution in [3.05, 3.63) is 59.9 Å². The summed E-state index contributed by atoms with van der Waals surface area (Å²) in [4.78, 5) is 14.4. The first-order chi connectivity index (χ1) is 13.3. The molecule has 3 rings (SSSR count). The van der Waals surface area contributed by atoms with E-state index in [1.54, 1.807) is 24.3 Å². The maximum Gasteiger partial charge on any atom is 0.243 e. The summed E-state index contributed by atoms with van der Waals surface area (Å²) in [7, 11) is -1.55. The van der Waals surface area contributed by atoms with Crippen LogP contribution in [-0.4, -0.2) is 56.8 Å². The number of nitrogens with one attached hydrogen (secondary N) is 1. The van der Waals surface area contributed by atoms with Gasteiger partial charge in [0.2, 0.25) is 15.9 Å². The number of anilines is 1. The second kappa shape index (κ2) is 8.81. The first-order valence-corrected chi connectivity index (χ1v) is 10.6. The highest BCUT2D eigenvalue weighted by Gasteiger charge is 2.27. The molecule has 1 heterocycles. The molecule has 150 valence electrons. The fourth-order valence-corrected chi connectivity index (χ4v) is 4.44. The third-order valence-electron chi connectivity index (χ3n) is 4.79. The molecule has 1 aliphatic heterocycles. The van der Waals surface area contributed by atoms with Gasteiger partial charge in [-0.1, -0.05) is 12.1 Å². The number of aryl methyl sites for hydroxylation is 1. The second-order valence-electron chi connectivity index (χ2n) is 6.91. The van der Waals surface area contributed by atoms with Crippen molar-refractivity contribution in [3.8, 4) is 0 Å². The van der Waals surface area contributed by atoms with Gasteiger partial charge in [0.1, 0.15) is 5.82 Å². The first kappa shape index (κ1) is 20.4. The summed E-state index contributed by atoms with van der Waals surface area (Å²) in [5.74, 6) is -0.487. The van der Waals surface area contributed by atoms with Gasteiger partial charge in [-0.25, -0.2) is 12.8 Å². The molecule has 1 fully saturated rings. The van der Waals surface area contributed by atoms with Gasteiger partial charge in [0.05, 0.1) is 4.90 Å². The largest absolute Gasteiger partial charge is 0.326 e. The van der Waals surface area contributed by atoms with Crippen molar-refractivity contribution >= 4 is 21.6 Å². The van der Waals surface area contributed by atoms with Crippen molar-refractivity contribution < 1.29 is 17.6 Å². The number of hydrogen-bond acceptors (Lipinski definition) is 4. The van der Waals surface area contributed by atoms with E-state index in [9.17, 15) is 17.6 Å². The van der Waals surface area contributed by atoms with Gasteiger partial charge >= 0.3 is 0 Å². The second-order valence-corrected chi connectivity index (χ2v) is 8.84. The summed E-state index contributed by atoms with van der Waals surface area (Å²) >= 11 is 0. The summed E-state index contributed by atoms with van der Waals surface area (Å²) in [6, 6.07) is 12.3. The Morgan fingerprint density at radius 1 is 1.00 bits per heavy atom. The predicted molar refractivity (Wildman–Crippen MR) is 106 cm³/mol. The lowest BCUT2D eigenvalue weighted by Gasteiger charge is -2.31. The van der Waals surface area contributed by atoms with Gasteiger partial charge in [-0.3, -0.25) is 4.79 Å². The Bertz CT molecular complexity index is 907. The average Bonchev–Trinajstić information content (AvgIpc) is 2.68. The number of carbonyl (C=O) groups excluding carboxylic acids is 1. The molecule has 0 radical (unpaired) electrons. The van der Waals surface area contributed by atoms with Crippen LogP contribution in [0.4, 0.5) is 10.1 Å². The van der Waals surface area contributed by atoms with Crippen LogP contribution < -0.4 is 5.32 Å². The first-order valence-electron chi connectivity index (χ1n) is 9.18. The van der Waals surface area contributed by atoms with E-state index in [1.807, 2.05) is 7.05 Å². The van der Waals surface area contributed by atoms with E-state index in [2.05, 4.69) is 10.2 Å². The summed E-state index contributed by atoms with van der Waals surface area (Å²) in [6.07, 6.45) is 0.759. The maximum absolute atomic E-state index is 12.9. The summed E-state index contributed by atoms with van der Waals surface area (Å²) < 4.78 is 39.8. The van der Waals surface area contributed by atoms with E-state index >= 15 is 0 Å². The average molecular weight is 405 g/mol. The lowest BCUT2D eigenvalue weighted by molar-refractivity contribution is -0.116. The molecular weight excluding hydrogens is 381 g/mol. The van der Waals surface area contributed by atoms with Crippen molar-refractivity contribution in [1.82, 2.24) is 9.21 Å². The van der Waals surface area contributed by atoms with Crippen molar-refractivity contribution in [2.24, 2.45) is 0 Å². The van der Waals surface area contributed by atoms with E-state index < -0.39 is 10.0 Å². The van der Waals surface area contributed by atoms with E-state index in [-0.39, 0.29) is 23.0 Å². The Kier molecular flexibility index (Phi) is 6.43. The van der Waals surface area contributed by atoms with E-state index in [0.717, 1.165) is 5.56 Å². The van der Waals surface area contributed by atoms with E-state index in [4.69, 9.17) is 0 Å². The number of halogens is 1. The van der Waals surface area contributed by atoms with Crippen LogP contribution in [0.15, 0.2) is 53.4 Å². The fourth-order valence-electron chi connectivity index (χ4n) is 3.02. The molecule has 1 saturated heterocycles. The third kappa shape index (κ3) is 5.15. The molecular formula is C20H24FN3O3S. The van der Waals surface area contributed by atoms with Gasteiger partial charge in [0.25, 0.3) is 0 Å². The molecule has 0 aromatic heterocycles. The predicted octanol–water partition coefficient (Wildman–Crippen LogP) is 2.33. The van der Waals surface area contributed by atoms with Crippen molar-refractivity contribution in [2.45, 2.75) is 17.7 Å². The van der Waals surface area contributed by atoms with Crippen LogP contribution in [-0.2, 0) is 21.2 Å². The monoisotopic (exact) mass is 405 g/mol. The molecule has 1 aliphatic rings. The highest BCUT2D eigenvalue weighted by Crippen LogP contribution is 2.20. The molecule has 0 aliphatic carbocycles. The Morgan fingerprint density at radius 2 is 1.61 bits per heavy atom. The standard InChI is InChI=1S/C20H24FN3O3S/c1-23-12-14-24(15-13-23)28(26,27)19-9-7-18(8-10-19)22-20(25)11-4-16-2-5-17(21)6-3-16/h2-3,5-10H,4,11-15H2,1H3,(H,22,25). The van der Waals surface area contributed by atoms with Gasteiger partial charge in [-0.15, -0.1) is 0 Å². The van der Waals surface area contributed by atoms with Gasteiger partial charge in [-0.05, 0) is 55.4 Å². The Morgan fingerprint density at radius 3 is 2.21 bits per heavy atom. The van der Waals surface area contributed by atoms with E-state index in [0.29, 0.717) is 38.3 Å². The molecule has 0 unspecified atom stereocenters. The van der Waals surface area contributed by atoms with E-state index in [1.165, 1.54) is 28.6 Å². The van der Waals surface area contributed by atoms with Gasteiger partial charge in [0, 0.05) is 38.3 Å². The maximum atomic E-state index is 12.9. The number of likely N-dealkylation sites (N-methyl/N-ethyl adjacent to an activating group) is 1. The van der Waals surface area contributed by atoms with Crippen molar-refractivity contribution in [1.29, 1.82) is 0 Å². The topological polar surface area (TPSA) is 69.7 Å². The normalized spacial score (nSPS) is 16.1. The molecule has 6 nitrogen and oxygen atoms in total. The fraction of sp³-hybridized carbons (Fsp3) is 0.350. The molecule has 2 aromatic carbocycles. The zero-order valence-electron chi connectivity index (χ0n) is 15.8. The molecule has 2 aromatic rings. The molecule has 0 saturated carbocycles. The minimum absolute atomic E-state index is 0.181. The highest BCUT2D eigenvalue weighted by atomic mass is 32.2. The number of amides is 1. The molecule has 0 bridgehead atoms. The number of carbonyl (C=O) groups is 1. The number of nitrogens with zero attached hydrogens (tertiary/aromatic N) is 2. The van der Waals surface area contributed by atoms with Gasteiger partial charge < -0.3 is 10.2 Å². The molecule has 0 spiro atoms. The Labute approximate surface area is 165 Å². The van der Waals surface area contributed by atoms with Crippen molar-refractivity contribution in [2.75, 3.05) is 38.5 Å². The lowest BCUT2D eigenvalue weighted by Crippen LogP contribution is -2.46. The smallest absolute Gasteiger partial charge is 0.243 e. The Balaban J connectivity index is 1.56. The molecule has 28 heavy (non-hydrogen) atoms. The van der Waals surface area contributed by atoms with Crippen LogP contribution in [0.2, 0.25) is 0 Å². The molecule has 1 N–H and O–H groups in total. The van der Waals surface area contributed by atoms with Crippen LogP contribution in [0.5, 0.6) is 0 Å². The molecule has 0 atom stereocenters. The molecule has 1 amide bonds. The minimum Gasteiger partial charge on any atom is -0.326 e. The summed E-state index contributed by atoms with van der Waals surface area (Å²) in [6.45, 7) is 2.37. The zero-order valence-corrected chi connectivity index (χ0v) is 16.6. The quantitative estimate of drug-likeness (QED) is 0.801. The number of rotatable bonds is 6. The number of benzene rings is 2. The highest BCUT2D eigenvalue weighted by molar-refractivity contribution is 7.89. The van der Waals surface area contributed by atoms with Crippen LogP contribution in [0.3, 0.4) is 0 Å². The van der Waals surface area contributed by atoms with Crippen LogP contribution >= 0.6 is 0 Å². The lowest BCUT2D eigenvalue weighted by atomic mass is 10.1. The van der Waals surface area contributed by atoms with Crippen molar-refractivity contribution in [3.63, 3.8) is 0 Å². The van der Waals surface area contributed by atoms with Crippen LogP contribution in [0.25, 0.3) is 0 Å². The Hall–Kier alpha value is -2.29. The third-order valence-corrected chi connectivity index (χ3v) is 6.70. The van der Waals surface area contributed by atoms with Gasteiger partial charge in [0.15, 0.2) is 0 Å². The summed E-state index contributed by atoms with van der Waals surface area (Å²) in [5.41, 5.74) is 1.42. The number of sulfonamides is 1. The zero-order chi connectivity index (χ0) is 20.1. The number of piperazine rings is 1. The van der Waals surface area contributed by atoms with Gasteiger partial charge in [-0.2, -0.15) is 4.31 Å². The molecule has 8 heteroatoms. The number of hydrogen-bond donors (Lipinski definition) is 1. The minimum atomic E-state index is -3.52. The SMILES string of the molecule is CN1CCN(S(=O)(=O)c2ccc(NC(=O)CCc3ccc(F)cc3)cc2)CC1.